The predicted molar refractivity (Wildman–Crippen MR) is 121 cm³/mol. The van der Waals surface area contributed by atoms with Gasteiger partial charge in [0.2, 0.25) is 5.91 Å². The zero-order valence-corrected chi connectivity index (χ0v) is 18.6. The van der Waals surface area contributed by atoms with Gasteiger partial charge in [0, 0.05) is 17.3 Å². The van der Waals surface area contributed by atoms with E-state index in [9.17, 15) is 13.2 Å². The molecule has 1 heterocycles. The van der Waals surface area contributed by atoms with E-state index in [1.54, 1.807) is 36.4 Å². The lowest BCUT2D eigenvalue weighted by Crippen LogP contribution is -2.35. The van der Waals surface area contributed by atoms with E-state index in [4.69, 9.17) is 11.6 Å². The fourth-order valence-electron chi connectivity index (χ4n) is 2.84. The quantitative estimate of drug-likeness (QED) is 0.689. The third kappa shape index (κ3) is 5.12. The third-order valence-corrected chi connectivity index (χ3v) is 7.20. The minimum absolute atomic E-state index is 0.0324. The number of unbranched alkanes of at least 4 members (excludes halogenated alkanes) is 1. The Hall–Kier alpha value is -2.03. The highest BCUT2D eigenvalue weighted by Gasteiger charge is 2.30. The van der Waals surface area contributed by atoms with E-state index < -0.39 is 10.0 Å². The van der Waals surface area contributed by atoms with Gasteiger partial charge >= 0.3 is 0 Å². The van der Waals surface area contributed by atoms with E-state index in [1.165, 1.54) is 0 Å². The van der Waals surface area contributed by atoms with Crippen molar-refractivity contribution in [2.24, 2.45) is 4.40 Å². The summed E-state index contributed by atoms with van der Waals surface area (Å²) >= 11 is 7.20. The van der Waals surface area contributed by atoms with Gasteiger partial charge in [-0.15, -0.1) is 4.40 Å². The number of anilines is 2. The van der Waals surface area contributed by atoms with Crippen LogP contribution in [0.5, 0.6) is 0 Å². The largest absolute Gasteiger partial charge is 0.325 e. The van der Waals surface area contributed by atoms with E-state index in [1.807, 2.05) is 17.9 Å². The van der Waals surface area contributed by atoms with Gasteiger partial charge in [-0.1, -0.05) is 54.9 Å². The molecule has 1 aliphatic heterocycles. The maximum absolute atomic E-state index is 12.6. The Bertz CT molecular complexity index is 1050. The number of hydrogen-bond donors (Lipinski definition) is 1. The number of amidine groups is 1. The van der Waals surface area contributed by atoms with E-state index in [2.05, 4.69) is 16.6 Å². The molecule has 1 N–H and O–H groups in total. The molecule has 6 nitrogen and oxygen atoms in total. The van der Waals surface area contributed by atoms with Crippen molar-refractivity contribution in [2.75, 3.05) is 22.5 Å². The molecule has 2 aromatic rings. The number of carbonyl (C=O) groups excluding carboxylic acids is 1. The summed E-state index contributed by atoms with van der Waals surface area (Å²) in [7, 11) is -3.79. The second kappa shape index (κ2) is 9.19. The smallest absolute Gasteiger partial charge is 0.286 e. The van der Waals surface area contributed by atoms with Gasteiger partial charge in [0.15, 0.2) is 5.17 Å². The van der Waals surface area contributed by atoms with Crippen LogP contribution in [0.3, 0.4) is 0 Å². The number of amides is 1. The van der Waals surface area contributed by atoms with Gasteiger partial charge in [-0.05, 0) is 43.2 Å². The molecule has 0 aromatic heterocycles. The number of sulfonamides is 1. The molecule has 0 aliphatic carbocycles. The van der Waals surface area contributed by atoms with Crippen LogP contribution in [0.15, 0.2) is 51.8 Å². The number of fused-ring (bicyclic) bond motifs is 1. The molecule has 154 valence electrons. The average Bonchev–Trinajstić information content (AvgIpc) is 2.68. The minimum atomic E-state index is -3.79. The topological polar surface area (TPSA) is 78.8 Å². The summed E-state index contributed by atoms with van der Waals surface area (Å²) in [5.41, 5.74) is 2.12. The van der Waals surface area contributed by atoms with E-state index in [0.717, 1.165) is 30.2 Å². The van der Waals surface area contributed by atoms with Crippen molar-refractivity contribution in [1.29, 1.82) is 0 Å². The highest BCUT2D eigenvalue weighted by molar-refractivity contribution is 8.15. The Morgan fingerprint density at radius 3 is 2.72 bits per heavy atom. The first-order chi connectivity index (χ1) is 13.8. The minimum Gasteiger partial charge on any atom is -0.325 e. The van der Waals surface area contributed by atoms with Crippen LogP contribution in [-0.2, 0) is 14.8 Å². The zero-order valence-electron chi connectivity index (χ0n) is 16.2. The molecule has 0 bridgehead atoms. The summed E-state index contributed by atoms with van der Waals surface area (Å²) in [5, 5.41) is 3.66. The van der Waals surface area contributed by atoms with Crippen molar-refractivity contribution in [3.63, 3.8) is 0 Å². The Balaban J connectivity index is 1.76. The molecule has 0 unspecified atom stereocenters. The molecule has 2 aromatic carbocycles. The van der Waals surface area contributed by atoms with E-state index >= 15 is 0 Å². The number of nitrogens with zero attached hydrogens (tertiary/aromatic N) is 2. The number of rotatable bonds is 6. The number of para-hydroxylation sites is 1. The SMILES string of the molecule is CCCCN1C(SCC(=O)Nc2ccc(C)c(Cl)c2)=NS(=O)(=O)c2ccccc21. The zero-order chi connectivity index (χ0) is 21.0. The molecule has 0 radical (unpaired) electrons. The standard InChI is InChI=1S/C20H22ClN3O3S2/c1-3-4-11-24-17-7-5-6-8-18(17)29(26,27)23-20(24)28-13-19(25)22-15-10-9-14(2)16(21)12-15/h5-10,12H,3-4,11,13H2,1-2H3,(H,22,25). The molecular weight excluding hydrogens is 430 g/mol. The van der Waals surface area contributed by atoms with Crippen LogP contribution >= 0.6 is 23.4 Å². The summed E-state index contributed by atoms with van der Waals surface area (Å²) in [6.07, 6.45) is 1.83. The summed E-state index contributed by atoms with van der Waals surface area (Å²) in [4.78, 5) is 14.5. The van der Waals surface area contributed by atoms with Crippen molar-refractivity contribution in [3.05, 3.63) is 53.1 Å². The lowest BCUT2D eigenvalue weighted by atomic mass is 10.2. The van der Waals surface area contributed by atoms with Crippen LogP contribution in [0.1, 0.15) is 25.3 Å². The lowest BCUT2D eigenvalue weighted by Gasteiger charge is -2.30. The monoisotopic (exact) mass is 451 g/mol. The average molecular weight is 452 g/mol. The lowest BCUT2D eigenvalue weighted by molar-refractivity contribution is -0.113. The molecule has 9 heteroatoms. The highest BCUT2D eigenvalue weighted by atomic mass is 35.5. The summed E-state index contributed by atoms with van der Waals surface area (Å²) in [5.74, 6) is -0.228. The molecule has 0 atom stereocenters. The Labute approximate surface area is 180 Å². The van der Waals surface area contributed by atoms with Gasteiger partial charge in [0.25, 0.3) is 10.0 Å². The first kappa shape index (κ1) is 21.7. The number of benzene rings is 2. The van der Waals surface area contributed by atoms with Gasteiger partial charge in [0.1, 0.15) is 4.90 Å². The molecule has 0 spiro atoms. The normalized spacial score (nSPS) is 14.9. The third-order valence-electron chi connectivity index (χ3n) is 4.39. The number of hydrogen-bond acceptors (Lipinski definition) is 5. The van der Waals surface area contributed by atoms with E-state index in [0.29, 0.717) is 28.1 Å². The van der Waals surface area contributed by atoms with Gasteiger partial charge in [-0.3, -0.25) is 4.79 Å². The summed E-state index contributed by atoms with van der Waals surface area (Å²) < 4.78 is 29.1. The van der Waals surface area contributed by atoms with Crippen LogP contribution in [0.25, 0.3) is 0 Å². The molecule has 3 rings (SSSR count). The first-order valence-corrected chi connectivity index (χ1v) is 12.0. The summed E-state index contributed by atoms with van der Waals surface area (Å²) in [6.45, 7) is 4.58. The molecular formula is C20H22ClN3O3S2. The Morgan fingerprint density at radius 1 is 1.24 bits per heavy atom. The van der Waals surface area contributed by atoms with Crippen LogP contribution in [0.4, 0.5) is 11.4 Å². The van der Waals surface area contributed by atoms with Crippen LogP contribution in [0.2, 0.25) is 5.02 Å². The van der Waals surface area contributed by atoms with Crippen molar-refractivity contribution in [1.82, 2.24) is 0 Å². The molecule has 0 fully saturated rings. The van der Waals surface area contributed by atoms with Crippen molar-refractivity contribution < 1.29 is 13.2 Å². The van der Waals surface area contributed by atoms with Crippen molar-refractivity contribution in [3.8, 4) is 0 Å². The van der Waals surface area contributed by atoms with Gasteiger partial charge in [-0.2, -0.15) is 8.42 Å². The molecule has 1 aliphatic rings. The number of carbonyl (C=O) groups is 1. The molecule has 29 heavy (non-hydrogen) atoms. The number of nitrogens with one attached hydrogen (secondary N) is 1. The second-order valence-electron chi connectivity index (χ2n) is 6.62. The highest BCUT2D eigenvalue weighted by Crippen LogP contribution is 2.34. The van der Waals surface area contributed by atoms with Crippen molar-refractivity contribution in [2.45, 2.75) is 31.6 Å². The Kier molecular flexibility index (Phi) is 6.87. The van der Waals surface area contributed by atoms with Crippen molar-refractivity contribution >= 4 is 55.8 Å². The van der Waals surface area contributed by atoms with Gasteiger partial charge in [-0.25, -0.2) is 0 Å². The fraction of sp³-hybridized carbons (Fsp3) is 0.300. The van der Waals surface area contributed by atoms with Gasteiger partial charge < -0.3 is 10.2 Å². The fourth-order valence-corrected chi connectivity index (χ4v) is 5.30. The van der Waals surface area contributed by atoms with Crippen LogP contribution < -0.4 is 10.2 Å². The van der Waals surface area contributed by atoms with Gasteiger partial charge in [0.05, 0.1) is 11.4 Å². The first-order valence-electron chi connectivity index (χ1n) is 9.22. The molecule has 1 amide bonds. The predicted octanol–water partition coefficient (Wildman–Crippen LogP) is 4.69. The maximum Gasteiger partial charge on any atom is 0.286 e. The molecule has 0 saturated heterocycles. The Morgan fingerprint density at radius 2 is 2.00 bits per heavy atom. The number of halogens is 1. The maximum atomic E-state index is 12.6. The molecule has 0 saturated carbocycles. The summed E-state index contributed by atoms with van der Waals surface area (Å²) in [6, 6.07) is 12.1. The number of aryl methyl sites for hydroxylation is 1. The number of thioether (sulfide) groups is 1. The van der Waals surface area contributed by atoms with E-state index in [-0.39, 0.29) is 16.6 Å². The van der Waals surface area contributed by atoms with Crippen LogP contribution in [-0.4, -0.2) is 31.8 Å². The van der Waals surface area contributed by atoms with Crippen LogP contribution in [0, 0.1) is 6.92 Å². The second-order valence-corrected chi connectivity index (χ2v) is 9.54.